The number of nitrogens with one attached hydrogen (secondary N) is 2. The molecule has 0 saturated carbocycles. The van der Waals surface area contributed by atoms with Crippen molar-refractivity contribution in [1.82, 2.24) is 10.8 Å². The molecule has 1 aromatic rings. The number of benzene rings is 1. The maximum atomic E-state index is 10.4. The molecule has 0 fully saturated rings. The third-order valence-electron chi connectivity index (χ3n) is 5.29. The zero-order chi connectivity index (χ0) is 24.1. The number of aliphatic hydroxyl groups excluding tert-OH is 1. The number of hydrogen-bond donors (Lipinski definition) is 3. The lowest BCUT2D eigenvalue weighted by Crippen LogP contribution is -2.32. The van der Waals surface area contributed by atoms with E-state index >= 15 is 0 Å². The van der Waals surface area contributed by atoms with E-state index in [-0.39, 0.29) is 14.1 Å². The summed E-state index contributed by atoms with van der Waals surface area (Å²) in [6.45, 7) is 9.70. The molecule has 0 aromatic heterocycles. The van der Waals surface area contributed by atoms with Gasteiger partial charge in [-0.2, -0.15) is 5.48 Å². The van der Waals surface area contributed by atoms with Gasteiger partial charge in [0.25, 0.3) is 0 Å². The molecule has 0 saturated heterocycles. The second-order valence-corrected chi connectivity index (χ2v) is 9.78. The van der Waals surface area contributed by atoms with E-state index in [1.54, 1.807) is 6.92 Å². The molecule has 3 N–H and O–H groups in total. The average Bonchev–Trinajstić information content (AvgIpc) is 2.94. The summed E-state index contributed by atoms with van der Waals surface area (Å²) in [5.41, 5.74) is 7.92. The summed E-state index contributed by atoms with van der Waals surface area (Å²) in [5, 5.41) is 10.6. The summed E-state index contributed by atoms with van der Waals surface area (Å²) in [4.78, 5) is 22.7. The van der Waals surface area contributed by atoms with Crippen LogP contribution in [0.25, 0.3) is 0 Å². The maximum Gasteiger partial charge on any atom is 0.207 e. The highest BCUT2D eigenvalue weighted by Crippen LogP contribution is 2.40. The van der Waals surface area contributed by atoms with Gasteiger partial charge in [-0.25, -0.2) is 0 Å². The van der Waals surface area contributed by atoms with E-state index in [1.165, 1.54) is 16.2 Å². The fraction of sp³-hybridized carbons (Fsp3) is 0.538. The molecule has 7 heteroatoms. The van der Waals surface area contributed by atoms with Crippen molar-refractivity contribution in [2.75, 3.05) is 19.8 Å². The molecular formula is C26H41N3O3S. The Labute approximate surface area is 204 Å². The van der Waals surface area contributed by atoms with Gasteiger partial charge in [0, 0.05) is 36.8 Å². The molecule has 1 heterocycles. The number of hydroxylamine groups is 1. The molecule has 33 heavy (non-hydrogen) atoms. The van der Waals surface area contributed by atoms with Gasteiger partial charge in [0.15, 0.2) is 0 Å². The monoisotopic (exact) mass is 475 g/mol. The predicted octanol–water partition coefficient (Wildman–Crippen LogP) is 4.89. The van der Waals surface area contributed by atoms with E-state index in [0.29, 0.717) is 24.3 Å². The fourth-order valence-electron chi connectivity index (χ4n) is 3.66. The molecule has 0 spiro atoms. The molecule has 2 aliphatic rings. The number of fused-ring (bicyclic) bond motifs is 2. The number of hydrogen-bond acceptors (Lipinski definition) is 6. The van der Waals surface area contributed by atoms with E-state index in [1.807, 2.05) is 11.8 Å². The van der Waals surface area contributed by atoms with Crippen LogP contribution in [0.4, 0.5) is 0 Å². The highest BCUT2D eigenvalue weighted by molar-refractivity contribution is 8.00. The standard InChI is InChI=1S/C24H33N3O2S.C2H6O.H2/c1-4-19(11-12-25-16-28)27-29-15-18-9-10-24-22(14-18)26-21(13-17(2)3)20-7-5-6-8-23(20)30-24;1-2-3;/h5-9,14,16-17,19,24,27H,4,10-13,15H2,1-3H3,(H,25,28);3H,2H2,1H3;1H. The minimum atomic E-state index is 0. The van der Waals surface area contributed by atoms with Gasteiger partial charge in [-0.05, 0) is 56.2 Å². The molecule has 2 unspecified atom stereocenters. The van der Waals surface area contributed by atoms with Gasteiger partial charge in [-0.15, -0.1) is 11.8 Å². The molecular weight excluding hydrogens is 434 g/mol. The summed E-state index contributed by atoms with van der Waals surface area (Å²) >= 11 is 1.92. The smallest absolute Gasteiger partial charge is 0.207 e. The Bertz CT molecular complexity index is 842. The van der Waals surface area contributed by atoms with Gasteiger partial charge in [-0.3, -0.25) is 14.6 Å². The Balaban J connectivity index is 0.00000137. The minimum absolute atomic E-state index is 0. The van der Waals surface area contributed by atoms with Crippen molar-refractivity contribution in [3.05, 3.63) is 53.3 Å². The quantitative estimate of drug-likeness (QED) is 0.241. The molecule has 1 amide bonds. The molecule has 1 aromatic carbocycles. The zero-order valence-electron chi connectivity index (χ0n) is 20.3. The Kier molecular flexibility index (Phi) is 12.5. The molecule has 6 nitrogen and oxygen atoms in total. The number of aliphatic imine (C=N–C) groups is 1. The molecule has 1 aliphatic carbocycles. The van der Waals surface area contributed by atoms with Crippen molar-refractivity contribution >= 4 is 23.9 Å². The number of aliphatic hydroxyl groups is 1. The summed E-state index contributed by atoms with van der Waals surface area (Å²) in [6, 6.07) is 8.87. The third-order valence-corrected chi connectivity index (χ3v) is 6.62. The first-order chi connectivity index (χ1) is 16.0. The van der Waals surface area contributed by atoms with Gasteiger partial charge in [0.1, 0.15) is 0 Å². The summed E-state index contributed by atoms with van der Waals surface area (Å²) in [7, 11) is 0. The van der Waals surface area contributed by atoms with E-state index < -0.39 is 0 Å². The highest BCUT2D eigenvalue weighted by Gasteiger charge is 2.25. The van der Waals surface area contributed by atoms with Gasteiger partial charge in [0.2, 0.25) is 6.41 Å². The lowest BCUT2D eigenvalue weighted by Gasteiger charge is -2.21. The second kappa shape index (κ2) is 15.1. The van der Waals surface area contributed by atoms with Crippen molar-refractivity contribution in [1.29, 1.82) is 0 Å². The SMILES string of the molecule is CCC(CCNC=O)NOCC1=CCC2Sc3ccccc3C(CC(C)C)=NC2=C1.CCO.[HH]. The third kappa shape index (κ3) is 9.08. The van der Waals surface area contributed by atoms with E-state index in [2.05, 4.69) is 68.0 Å². The van der Waals surface area contributed by atoms with Crippen LogP contribution in [0, 0.1) is 5.92 Å². The van der Waals surface area contributed by atoms with Gasteiger partial charge >= 0.3 is 0 Å². The number of amides is 1. The second-order valence-electron chi connectivity index (χ2n) is 8.53. The first-order valence-corrected chi connectivity index (χ1v) is 12.8. The lowest BCUT2D eigenvalue weighted by molar-refractivity contribution is -0.109. The van der Waals surface area contributed by atoms with Crippen LogP contribution in [-0.2, 0) is 9.63 Å². The molecule has 0 bridgehead atoms. The van der Waals surface area contributed by atoms with E-state index in [9.17, 15) is 4.79 Å². The van der Waals surface area contributed by atoms with E-state index in [4.69, 9.17) is 14.9 Å². The fourth-order valence-corrected chi connectivity index (χ4v) is 4.87. The van der Waals surface area contributed by atoms with Crippen molar-refractivity contribution in [3.63, 3.8) is 0 Å². The molecule has 3 rings (SSSR count). The average molecular weight is 476 g/mol. The normalized spacial score (nSPS) is 17.9. The highest BCUT2D eigenvalue weighted by atomic mass is 32.2. The number of nitrogens with zero attached hydrogens (tertiary/aromatic N) is 1. The van der Waals surface area contributed by atoms with Crippen LogP contribution in [-0.4, -0.2) is 48.3 Å². The Morgan fingerprint density at radius 3 is 2.79 bits per heavy atom. The number of thioether (sulfide) groups is 1. The Morgan fingerprint density at radius 2 is 2.09 bits per heavy atom. The van der Waals surface area contributed by atoms with Crippen LogP contribution in [0.3, 0.4) is 0 Å². The largest absolute Gasteiger partial charge is 0.397 e. The number of carbonyl (C=O) groups excluding carboxylic acids is 1. The van der Waals surface area contributed by atoms with Crippen molar-refractivity contribution < 1.29 is 16.2 Å². The number of allylic oxidation sites excluding steroid dienone is 1. The molecule has 1 aliphatic heterocycles. The van der Waals surface area contributed by atoms with Crippen LogP contribution in [0.1, 0.15) is 60.4 Å². The van der Waals surface area contributed by atoms with Crippen LogP contribution in [0.2, 0.25) is 0 Å². The summed E-state index contributed by atoms with van der Waals surface area (Å²) < 4.78 is 0. The van der Waals surface area contributed by atoms with Crippen LogP contribution < -0.4 is 10.8 Å². The van der Waals surface area contributed by atoms with Crippen LogP contribution in [0.15, 0.2) is 57.6 Å². The first kappa shape index (κ1) is 27.3. The lowest BCUT2D eigenvalue weighted by atomic mass is 9.99. The Hall–Kier alpha value is -1.93. The zero-order valence-corrected chi connectivity index (χ0v) is 21.2. The van der Waals surface area contributed by atoms with E-state index in [0.717, 1.165) is 43.4 Å². The minimum Gasteiger partial charge on any atom is -0.397 e. The van der Waals surface area contributed by atoms with Crippen LogP contribution in [0.5, 0.6) is 0 Å². The van der Waals surface area contributed by atoms with Gasteiger partial charge in [-0.1, -0.05) is 45.0 Å². The van der Waals surface area contributed by atoms with Gasteiger partial charge < -0.3 is 10.4 Å². The summed E-state index contributed by atoms with van der Waals surface area (Å²) in [6.07, 6.45) is 8.93. The topological polar surface area (TPSA) is 83.0 Å². The van der Waals surface area contributed by atoms with Crippen molar-refractivity contribution in [3.8, 4) is 0 Å². The number of rotatable bonds is 11. The number of carbonyl (C=O) groups is 1. The van der Waals surface area contributed by atoms with Crippen molar-refractivity contribution in [2.45, 2.75) is 69.6 Å². The molecule has 184 valence electrons. The predicted molar refractivity (Wildman–Crippen MR) is 140 cm³/mol. The van der Waals surface area contributed by atoms with Gasteiger partial charge in [0.05, 0.1) is 17.6 Å². The summed E-state index contributed by atoms with van der Waals surface area (Å²) in [5.74, 6) is 0.560. The first-order valence-electron chi connectivity index (χ1n) is 11.9. The van der Waals surface area contributed by atoms with Crippen molar-refractivity contribution in [2.24, 2.45) is 10.9 Å². The maximum absolute atomic E-state index is 10.4. The van der Waals surface area contributed by atoms with Crippen LogP contribution >= 0.6 is 11.8 Å². The molecule has 2 atom stereocenters. The molecule has 0 radical (unpaired) electrons. The Morgan fingerprint density at radius 1 is 1.33 bits per heavy atom.